The van der Waals surface area contributed by atoms with Gasteiger partial charge in [0.05, 0.1) is 26.5 Å². The molecule has 2 amide bonds. The summed E-state index contributed by atoms with van der Waals surface area (Å²) < 4.78 is 10.8. The molecule has 1 saturated carbocycles. The monoisotopic (exact) mass is 392 g/mol. The van der Waals surface area contributed by atoms with Gasteiger partial charge in [-0.2, -0.15) is 0 Å². The predicted molar refractivity (Wildman–Crippen MR) is 106 cm³/mol. The summed E-state index contributed by atoms with van der Waals surface area (Å²) in [4.78, 5) is 27.6. The van der Waals surface area contributed by atoms with Crippen LogP contribution in [0.2, 0.25) is 0 Å². The van der Waals surface area contributed by atoms with Crippen molar-refractivity contribution in [2.45, 2.75) is 50.7 Å². The molecule has 2 fully saturated rings. The molecule has 1 aliphatic heterocycles. The number of amides is 2. The van der Waals surface area contributed by atoms with E-state index in [9.17, 15) is 9.59 Å². The molecule has 7 heteroatoms. The molecule has 148 valence electrons. The minimum absolute atomic E-state index is 0.0276. The lowest BCUT2D eigenvalue weighted by Gasteiger charge is -2.43. The normalized spacial score (nSPS) is 23.4. The van der Waals surface area contributed by atoms with Crippen LogP contribution in [0.5, 0.6) is 11.5 Å². The molecule has 0 aromatic heterocycles. The summed E-state index contributed by atoms with van der Waals surface area (Å²) in [6, 6.07) is 5.74. The van der Waals surface area contributed by atoms with E-state index in [0.717, 1.165) is 31.2 Å². The van der Waals surface area contributed by atoms with Gasteiger partial charge in [-0.1, -0.05) is 12.8 Å². The standard InChI is InChI=1S/C20H28N2O4S/c1-20(19(24)21-15-6-4-5-7-15)13-27-12-18(23)22(20)11-14-10-16(25-2)8-9-17(14)26-3/h8-10,15H,4-7,11-13H2,1-3H3,(H,21,24). The number of nitrogens with one attached hydrogen (secondary N) is 1. The molecular weight excluding hydrogens is 364 g/mol. The Morgan fingerprint density at radius 2 is 2.04 bits per heavy atom. The lowest BCUT2D eigenvalue weighted by atomic mass is 9.98. The molecule has 0 bridgehead atoms. The van der Waals surface area contributed by atoms with Crippen molar-refractivity contribution in [2.24, 2.45) is 0 Å². The maximum Gasteiger partial charge on any atom is 0.246 e. The highest BCUT2D eigenvalue weighted by atomic mass is 32.2. The Bertz CT molecular complexity index is 705. The molecule has 1 atom stereocenters. The van der Waals surface area contributed by atoms with Gasteiger partial charge in [0, 0.05) is 17.4 Å². The Balaban J connectivity index is 1.85. The van der Waals surface area contributed by atoms with Gasteiger partial charge in [-0.3, -0.25) is 9.59 Å². The molecule has 6 nitrogen and oxygen atoms in total. The van der Waals surface area contributed by atoms with Gasteiger partial charge >= 0.3 is 0 Å². The molecule has 0 radical (unpaired) electrons. The van der Waals surface area contributed by atoms with E-state index in [1.807, 2.05) is 25.1 Å². The van der Waals surface area contributed by atoms with Crippen molar-refractivity contribution in [3.8, 4) is 11.5 Å². The Kier molecular flexibility index (Phi) is 6.19. The molecule has 3 rings (SSSR count). The first-order valence-electron chi connectivity index (χ1n) is 9.38. The van der Waals surface area contributed by atoms with E-state index < -0.39 is 5.54 Å². The zero-order valence-electron chi connectivity index (χ0n) is 16.2. The summed E-state index contributed by atoms with van der Waals surface area (Å²) in [5, 5.41) is 3.17. The Morgan fingerprint density at radius 3 is 2.70 bits per heavy atom. The number of carbonyl (C=O) groups excluding carboxylic acids is 2. The maximum absolute atomic E-state index is 13.1. The van der Waals surface area contributed by atoms with Crippen LogP contribution in [0, 0.1) is 0 Å². The minimum atomic E-state index is -0.878. The number of hydrogen-bond donors (Lipinski definition) is 1. The lowest BCUT2D eigenvalue weighted by Crippen LogP contribution is -2.63. The quantitative estimate of drug-likeness (QED) is 0.806. The SMILES string of the molecule is COc1ccc(OC)c(CN2C(=O)CSCC2(C)C(=O)NC2CCCC2)c1. The third kappa shape index (κ3) is 4.18. The molecule has 0 spiro atoms. The van der Waals surface area contributed by atoms with Crippen molar-refractivity contribution < 1.29 is 19.1 Å². The van der Waals surface area contributed by atoms with E-state index in [4.69, 9.17) is 9.47 Å². The van der Waals surface area contributed by atoms with E-state index in [-0.39, 0.29) is 17.9 Å². The molecule has 1 aromatic carbocycles. The third-order valence-corrected chi connectivity index (χ3v) is 6.72. The number of nitrogens with zero attached hydrogens (tertiary/aromatic N) is 1. The van der Waals surface area contributed by atoms with Crippen LogP contribution < -0.4 is 14.8 Å². The van der Waals surface area contributed by atoms with Gasteiger partial charge in [-0.05, 0) is 38.0 Å². The van der Waals surface area contributed by atoms with Crippen LogP contribution >= 0.6 is 11.8 Å². The van der Waals surface area contributed by atoms with Gasteiger partial charge in [0.2, 0.25) is 11.8 Å². The Labute approximate surface area is 165 Å². The smallest absolute Gasteiger partial charge is 0.246 e. The van der Waals surface area contributed by atoms with Gasteiger partial charge in [-0.15, -0.1) is 11.8 Å². The fourth-order valence-electron chi connectivity index (χ4n) is 3.81. The minimum Gasteiger partial charge on any atom is -0.497 e. The van der Waals surface area contributed by atoms with E-state index in [1.165, 1.54) is 11.8 Å². The summed E-state index contributed by atoms with van der Waals surface area (Å²) in [6.45, 7) is 2.18. The first-order valence-corrected chi connectivity index (χ1v) is 10.5. The molecule has 1 aromatic rings. The van der Waals surface area contributed by atoms with Crippen LogP contribution in [0.1, 0.15) is 38.2 Å². The van der Waals surface area contributed by atoms with E-state index >= 15 is 0 Å². The second-order valence-corrected chi connectivity index (χ2v) is 8.36. The average molecular weight is 393 g/mol. The van der Waals surface area contributed by atoms with Gasteiger partial charge in [-0.25, -0.2) is 0 Å². The summed E-state index contributed by atoms with van der Waals surface area (Å²) >= 11 is 1.52. The zero-order valence-corrected chi connectivity index (χ0v) is 17.1. The third-order valence-electron chi connectivity index (χ3n) is 5.50. The van der Waals surface area contributed by atoms with E-state index in [1.54, 1.807) is 19.1 Å². The summed E-state index contributed by atoms with van der Waals surface area (Å²) in [6.07, 6.45) is 4.35. The second kappa shape index (κ2) is 8.42. The van der Waals surface area contributed by atoms with Gasteiger partial charge in [0.25, 0.3) is 0 Å². The molecule has 1 aliphatic carbocycles. The van der Waals surface area contributed by atoms with Crippen molar-refractivity contribution in [3.63, 3.8) is 0 Å². The van der Waals surface area contributed by atoms with Gasteiger partial charge in [0.1, 0.15) is 17.0 Å². The van der Waals surface area contributed by atoms with Crippen molar-refractivity contribution in [2.75, 3.05) is 25.7 Å². The van der Waals surface area contributed by atoms with Gasteiger partial charge < -0.3 is 19.7 Å². The Morgan fingerprint density at radius 1 is 1.30 bits per heavy atom. The van der Waals surface area contributed by atoms with E-state index in [0.29, 0.717) is 29.5 Å². The van der Waals surface area contributed by atoms with Gasteiger partial charge in [0.15, 0.2) is 0 Å². The Hall–Kier alpha value is -1.89. The largest absolute Gasteiger partial charge is 0.497 e. The van der Waals surface area contributed by atoms with E-state index in [2.05, 4.69) is 5.32 Å². The topological polar surface area (TPSA) is 67.9 Å². The van der Waals surface area contributed by atoms with Crippen LogP contribution in [-0.4, -0.2) is 54.0 Å². The first-order chi connectivity index (χ1) is 13.0. The van der Waals surface area contributed by atoms with Crippen molar-refractivity contribution in [1.82, 2.24) is 10.2 Å². The fraction of sp³-hybridized carbons (Fsp3) is 0.600. The average Bonchev–Trinajstić information content (AvgIpc) is 3.17. The van der Waals surface area contributed by atoms with Crippen LogP contribution in [0.3, 0.4) is 0 Å². The summed E-state index contributed by atoms with van der Waals surface area (Å²) in [7, 11) is 3.21. The molecular formula is C20H28N2O4S. The van der Waals surface area contributed by atoms with Crippen molar-refractivity contribution >= 4 is 23.6 Å². The van der Waals surface area contributed by atoms with Crippen LogP contribution in [0.25, 0.3) is 0 Å². The van der Waals surface area contributed by atoms with Crippen LogP contribution in [-0.2, 0) is 16.1 Å². The molecule has 27 heavy (non-hydrogen) atoms. The molecule has 1 saturated heterocycles. The number of carbonyl (C=O) groups is 2. The number of ether oxygens (including phenoxy) is 2. The number of hydrogen-bond acceptors (Lipinski definition) is 5. The lowest BCUT2D eigenvalue weighted by molar-refractivity contribution is -0.145. The number of benzene rings is 1. The highest BCUT2D eigenvalue weighted by molar-refractivity contribution is 8.00. The van der Waals surface area contributed by atoms with Crippen molar-refractivity contribution in [3.05, 3.63) is 23.8 Å². The number of methoxy groups -OCH3 is 2. The molecule has 2 aliphatic rings. The predicted octanol–water partition coefficient (Wildman–Crippen LogP) is 2.60. The highest BCUT2D eigenvalue weighted by Crippen LogP contribution is 2.33. The van der Waals surface area contributed by atoms with Crippen LogP contribution in [0.15, 0.2) is 18.2 Å². The second-order valence-electron chi connectivity index (χ2n) is 7.38. The fourth-order valence-corrected chi connectivity index (χ4v) is 4.92. The molecule has 1 unspecified atom stereocenters. The number of rotatable bonds is 6. The maximum atomic E-state index is 13.1. The van der Waals surface area contributed by atoms with Crippen LogP contribution in [0.4, 0.5) is 0 Å². The molecule has 1 heterocycles. The van der Waals surface area contributed by atoms with Crippen molar-refractivity contribution in [1.29, 1.82) is 0 Å². The summed E-state index contributed by atoms with van der Waals surface area (Å²) in [5.74, 6) is 2.27. The highest BCUT2D eigenvalue weighted by Gasteiger charge is 2.45. The summed E-state index contributed by atoms with van der Waals surface area (Å²) in [5.41, 5.74) is -0.0477. The zero-order chi connectivity index (χ0) is 19.4. The number of thioether (sulfide) groups is 1. The molecule has 1 N–H and O–H groups in total. The first kappa shape index (κ1) is 19.9.